The van der Waals surface area contributed by atoms with Crippen LogP contribution in [0, 0.1) is 0 Å². The van der Waals surface area contributed by atoms with Crippen molar-refractivity contribution < 1.29 is 9.53 Å². The molecule has 0 saturated heterocycles. The van der Waals surface area contributed by atoms with Crippen LogP contribution in [-0.2, 0) is 4.74 Å². The van der Waals surface area contributed by atoms with Gasteiger partial charge in [0.05, 0.1) is 0 Å². The predicted octanol–water partition coefficient (Wildman–Crippen LogP) is 2.10. The molecule has 0 aromatic carbocycles. The number of hydrogen-bond acceptors (Lipinski definition) is 4. The number of hydrogen-bond donors (Lipinski definition) is 0. The quantitative estimate of drug-likeness (QED) is 0.446. The molecule has 0 unspecified atom stereocenters. The maximum Gasteiger partial charge on any atom is 0.343 e. The molecule has 2 rings (SSSR count). The van der Waals surface area contributed by atoms with Gasteiger partial charge in [0.2, 0.25) is 5.28 Å². The average molecular weight is 233 g/mol. The van der Waals surface area contributed by atoms with Gasteiger partial charge >= 0.3 is 5.97 Å². The lowest BCUT2D eigenvalue weighted by molar-refractivity contribution is 0.0471. The summed E-state index contributed by atoms with van der Waals surface area (Å²) in [4.78, 5) is 18.7. The minimum atomic E-state index is -0.492. The van der Waals surface area contributed by atoms with Crippen LogP contribution in [0.15, 0.2) is 6.20 Å². The molecule has 1 aromatic rings. The van der Waals surface area contributed by atoms with E-state index >= 15 is 0 Å². The van der Waals surface area contributed by atoms with Gasteiger partial charge in [0.25, 0.3) is 0 Å². The molecule has 0 radical (unpaired) electrons. The molecule has 0 bridgehead atoms. The zero-order valence-electron chi connectivity index (χ0n) is 7.04. The molecule has 0 aliphatic heterocycles. The van der Waals surface area contributed by atoms with E-state index in [1.165, 1.54) is 6.20 Å². The second-order valence-electron chi connectivity index (χ2n) is 2.95. The molecule has 0 amide bonds. The van der Waals surface area contributed by atoms with Gasteiger partial charge in [-0.1, -0.05) is 11.6 Å². The average Bonchev–Trinajstić information content (AvgIpc) is 2.87. The zero-order chi connectivity index (χ0) is 10.1. The smallest absolute Gasteiger partial charge is 0.343 e. The lowest BCUT2D eigenvalue weighted by Gasteiger charge is -2.03. The third kappa shape index (κ3) is 2.13. The summed E-state index contributed by atoms with van der Waals surface area (Å²) < 4.78 is 5.02. The molecule has 0 atom stereocenters. The Bertz CT molecular complexity index is 380. The van der Waals surface area contributed by atoms with Crippen molar-refractivity contribution in [2.45, 2.75) is 18.9 Å². The summed E-state index contributed by atoms with van der Waals surface area (Å²) in [6.07, 6.45) is 3.13. The van der Waals surface area contributed by atoms with Crippen molar-refractivity contribution in [1.29, 1.82) is 0 Å². The highest BCUT2D eigenvalue weighted by molar-refractivity contribution is 6.33. The SMILES string of the molecule is O=C(OC1CC1)c1cnc(Cl)nc1Cl. The molecule has 6 heteroatoms. The minimum Gasteiger partial charge on any atom is -0.459 e. The molecule has 1 heterocycles. The molecule has 14 heavy (non-hydrogen) atoms. The number of esters is 1. The third-order valence-electron chi connectivity index (χ3n) is 1.73. The Morgan fingerprint density at radius 2 is 2.21 bits per heavy atom. The summed E-state index contributed by atoms with van der Waals surface area (Å²) in [6.45, 7) is 0. The Morgan fingerprint density at radius 1 is 1.50 bits per heavy atom. The van der Waals surface area contributed by atoms with Crippen molar-refractivity contribution in [2.75, 3.05) is 0 Å². The van der Waals surface area contributed by atoms with Crippen LogP contribution in [0.4, 0.5) is 0 Å². The lowest BCUT2D eigenvalue weighted by Crippen LogP contribution is -2.08. The van der Waals surface area contributed by atoms with Crippen LogP contribution in [-0.4, -0.2) is 22.0 Å². The van der Waals surface area contributed by atoms with E-state index in [0.717, 1.165) is 12.8 Å². The third-order valence-corrected chi connectivity index (χ3v) is 2.20. The molecule has 0 N–H and O–H groups in total. The molecule has 1 saturated carbocycles. The second kappa shape index (κ2) is 3.71. The Hall–Kier alpha value is -0.870. The van der Waals surface area contributed by atoms with Gasteiger partial charge in [-0.2, -0.15) is 0 Å². The molecule has 1 aliphatic rings. The first kappa shape index (κ1) is 9.68. The fraction of sp³-hybridized carbons (Fsp3) is 0.375. The number of carbonyl (C=O) groups is 1. The lowest BCUT2D eigenvalue weighted by atomic mass is 10.3. The van der Waals surface area contributed by atoms with Crippen LogP contribution < -0.4 is 0 Å². The Labute approximate surface area is 90.2 Å². The van der Waals surface area contributed by atoms with Gasteiger partial charge in [-0.15, -0.1) is 0 Å². The van der Waals surface area contributed by atoms with Gasteiger partial charge in [-0.05, 0) is 24.4 Å². The normalized spacial score (nSPS) is 15.3. The monoisotopic (exact) mass is 232 g/mol. The first-order valence-electron chi connectivity index (χ1n) is 4.06. The van der Waals surface area contributed by atoms with E-state index in [-0.39, 0.29) is 22.1 Å². The highest BCUT2D eigenvalue weighted by Crippen LogP contribution is 2.26. The summed E-state index contributed by atoms with van der Waals surface area (Å²) in [5.41, 5.74) is 0.156. The van der Waals surface area contributed by atoms with Crippen LogP contribution in [0.3, 0.4) is 0 Å². The zero-order valence-corrected chi connectivity index (χ0v) is 8.55. The number of nitrogens with zero attached hydrogens (tertiary/aromatic N) is 2. The Kier molecular flexibility index (Phi) is 2.56. The van der Waals surface area contributed by atoms with Crippen LogP contribution in [0.2, 0.25) is 10.4 Å². The second-order valence-corrected chi connectivity index (χ2v) is 3.64. The first-order valence-corrected chi connectivity index (χ1v) is 4.81. The van der Waals surface area contributed by atoms with Gasteiger partial charge < -0.3 is 4.74 Å². The summed E-state index contributed by atoms with van der Waals surface area (Å²) in [6, 6.07) is 0. The van der Waals surface area contributed by atoms with E-state index in [0.29, 0.717) is 0 Å². The molecule has 74 valence electrons. The van der Waals surface area contributed by atoms with E-state index in [4.69, 9.17) is 27.9 Å². The largest absolute Gasteiger partial charge is 0.459 e. The highest BCUT2D eigenvalue weighted by Gasteiger charge is 2.27. The van der Waals surface area contributed by atoms with Gasteiger partial charge in [0.1, 0.15) is 16.8 Å². The summed E-state index contributed by atoms with van der Waals surface area (Å²) in [5.74, 6) is -0.492. The molecular formula is C8H6Cl2N2O2. The van der Waals surface area contributed by atoms with Crippen molar-refractivity contribution in [3.05, 3.63) is 22.2 Å². The number of ether oxygens (including phenoxy) is 1. The number of halogens is 2. The summed E-state index contributed by atoms with van der Waals surface area (Å²) in [7, 11) is 0. The van der Waals surface area contributed by atoms with Gasteiger partial charge in [0, 0.05) is 6.20 Å². The van der Waals surface area contributed by atoms with E-state index < -0.39 is 5.97 Å². The maximum atomic E-state index is 11.4. The van der Waals surface area contributed by atoms with Crippen LogP contribution in [0.5, 0.6) is 0 Å². The predicted molar refractivity (Wildman–Crippen MR) is 50.5 cm³/mol. The van der Waals surface area contributed by atoms with E-state index in [1.807, 2.05) is 0 Å². The maximum absolute atomic E-state index is 11.4. The van der Waals surface area contributed by atoms with Gasteiger partial charge in [0.15, 0.2) is 0 Å². The van der Waals surface area contributed by atoms with E-state index in [2.05, 4.69) is 9.97 Å². The standard InChI is InChI=1S/C8H6Cl2N2O2/c9-6-5(3-11-8(10)12-6)7(13)14-4-1-2-4/h3-4H,1-2H2. The van der Waals surface area contributed by atoms with Gasteiger partial charge in [-0.25, -0.2) is 14.8 Å². The van der Waals surface area contributed by atoms with Gasteiger partial charge in [-0.3, -0.25) is 0 Å². The van der Waals surface area contributed by atoms with Crippen LogP contribution in [0.1, 0.15) is 23.2 Å². The molecule has 1 fully saturated rings. The summed E-state index contributed by atoms with van der Waals surface area (Å²) >= 11 is 11.2. The molecule has 1 aromatic heterocycles. The number of rotatable bonds is 2. The number of carbonyl (C=O) groups excluding carboxylic acids is 1. The molecular weight excluding hydrogens is 227 g/mol. The van der Waals surface area contributed by atoms with Crippen molar-refractivity contribution in [3.8, 4) is 0 Å². The van der Waals surface area contributed by atoms with Crippen molar-refractivity contribution in [1.82, 2.24) is 9.97 Å². The topological polar surface area (TPSA) is 52.1 Å². The number of aromatic nitrogens is 2. The first-order chi connectivity index (χ1) is 6.66. The van der Waals surface area contributed by atoms with Crippen molar-refractivity contribution in [2.24, 2.45) is 0 Å². The molecule has 0 spiro atoms. The van der Waals surface area contributed by atoms with E-state index in [9.17, 15) is 4.79 Å². The fourth-order valence-electron chi connectivity index (χ4n) is 0.879. The van der Waals surface area contributed by atoms with Crippen LogP contribution in [0.25, 0.3) is 0 Å². The minimum absolute atomic E-state index is 0.0120. The van der Waals surface area contributed by atoms with Crippen molar-refractivity contribution in [3.63, 3.8) is 0 Å². The Morgan fingerprint density at radius 3 is 2.79 bits per heavy atom. The van der Waals surface area contributed by atoms with Crippen LogP contribution >= 0.6 is 23.2 Å². The fourth-order valence-corrected chi connectivity index (χ4v) is 1.26. The summed E-state index contributed by atoms with van der Waals surface area (Å²) in [5, 5.41) is 0.0358. The highest BCUT2D eigenvalue weighted by atomic mass is 35.5. The Balaban J connectivity index is 2.17. The van der Waals surface area contributed by atoms with E-state index in [1.54, 1.807) is 0 Å². The molecule has 1 aliphatic carbocycles. The molecule has 4 nitrogen and oxygen atoms in total. The van der Waals surface area contributed by atoms with Crippen molar-refractivity contribution >= 4 is 29.2 Å².